The Morgan fingerprint density at radius 3 is 2.60 bits per heavy atom. The van der Waals surface area contributed by atoms with Gasteiger partial charge in [0, 0.05) is 35.6 Å². The summed E-state index contributed by atoms with van der Waals surface area (Å²) in [6.07, 6.45) is 2.71. The molecule has 9 heteroatoms. The highest BCUT2D eigenvalue weighted by atomic mass is 35.5. The summed E-state index contributed by atoms with van der Waals surface area (Å²) in [5.41, 5.74) is 2.33. The average molecular weight is 505 g/mol. The predicted octanol–water partition coefficient (Wildman–Crippen LogP) is 5.06. The first kappa shape index (κ1) is 23.1. The monoisotopic (exact) mass is 504 g/mol. The molecule has 1 aromatic heterocycles. The van der Waals surface area contributed by atoms with E-state index in [1.807, 2.05) is 54.6 Å². The van der Waals surface area contributed by atoms with Crippen molar-refractivity contribution >= 4 is 44.0 Å². The number of ether oxygens (including phenoxy) is 1. The molecule has 0 radical (unpaired) electrons. The molecule has 176 valence electrons. The SMILES string of the molecule is CS(=O)(=O)N1CC(C#Cc2ccc3ncnc(Nc4ccc(Oc5ccccc5)c(Cl)c4)c3c2)C1. The van der Waals surface area contributed by atoms with Crippen molar-refractivity contribution in [3.05, 3.63) is 83.6 Å². The highest BCUT2D eigenvalue weighted by molar-refractivity contribution is 7.88. The maximum atomic E-state index is 11.5. The molecule has 3 aromatic carbocycles. The molecule has 0 aliphatic carbocycles. The second-order valence-electron chi connectivity index (χ2n) is 8.19. The second kappa shape index (κ2) is 9.55. The molecule has 2 heterocycles. The van der Waals surface area contributed by atoms with Crippen LogP contribution in [0.3, 0.4) is 0 Å². The van der Waals surface area contributed by atoms with Crippen LogP contribution in [0.2, 0.25) is 5.02 Å². The Morgan fingerprint density at radius 1 is 1.06 bits per heavy atom. The Labute approximate surface area is 208 Å². The van der Waals surface area contributed by atoms with Crippen molar-refractivity contribution in [1.82, 2.24) is 14.3 Å². The Hall–Kier alpha value is -3.64. The molecule has 35 heavy (non-hydrogen) atoms. The van der Waals surface area contributed by atoms with Crippen LogP contribution < -0.4 is 10.1 Å². The first-order valence-electron chi connectivity index (χ1n) is 10.9. The van der Waals surface area contributed by atoms with Crippen LogP contribution in [0.15, 0.2) is 73.1 Å². The fraction of sp³-hybridized carbons (Fsp3) is 0.154. The zero-order valence-corrected chi connectivity index (χ0v) is 20.3. The number of hydrogen-bond donors (Lipinski definition) is 1. The van der Waals surface area contributed by atoms with E-state index in [9.17, 15) is 8.42 Å². The van der Waals surface area contributed by atoms with Crippen LogP contribution in [-0.4, -0.2) is 42.0 Å². The van der Waals surface area contributed by atoms with Crippen LogP contribution in [0.25, 0.3) is 10.9 Å². The van der Waals surface area contributed by atoms with Gasteiger partial charge in [0.2, 0.25) is 10.0 Å². The van der Waals surface area contributed by atoms with Crippen molar-refractivity contribution in [3.8, 4) is 23.3 Å². The summed E-state index contributed by atoms with van der Waals surface area (Å²) in [6.45, 7) is 0.861. The molecule has 0 unspecified atom stereocenters. The van der Waals surface area contributed by atoms with Crippen LogP contribution >= 0.6 is 11.6 Å². The van der Waals surface area contributed by atoms with Gasteiger partial charge in [0.15, 0.2) is 0 Å². The van der Waals surface area contributed by atoms with Crippen LogP contribution in [0.5, 0.6) is 11.5 Å². The normalized spacial score (nSPS) is 14.1. The minimum absolute atomic E-state index is 0.0313. The summed E-state index contributed by atoms with van der Waals surface area (Å²) >= 11 is 6.46. The molecule has 0 spiro atoms. The lowest BCUT2D eigenvalue weighted by molar-refractivity contribution is 0.252. The van der Waals surface area contributed by atoms with Gasteiger partial charge >= 0.3 is 0 Å². The van der Waals surface area contributed by atoms with E-state index < -0.39 is 10.0 Å². The molecule has 1 saturated heterocycles. The Kier molecular flexibility index (Phi) is 6.31. The van der Waals surface area contributed by atoms with Gasteiger partial charge in [-0.05, 0) is 48.5 Å². The Balaban J connectivity index is 1.34. The van der Waals surface area contributed by atoms with Gasteiger partial charge in [0.05, 0.1) is 16.8 Å². The van der Waals surface area contributed by atoms with E-state index in [-0.39, 0.29) is 5.92 Å². The molecule has 0 saturated carbocycles. The van der Waals surface area contributed by atoms with Crippen LogP contribution in [0, 0.1) is 17.8 Å². The molecular weight excluding hydrogens is 484 g/mol. The summed E-state index contributed by atoms with van der Waals surface area (Å²) < 4.78 is 30.3. The molecule has 0 atom stereocenters. The highest BCUT2D eigenvalue weighted by Crippen LogP contribution is 2.33. The molecule has 5 rings (SSSR count). The third-order valence-electron chi connectivity index (χ3n) is 5.54. The number of nitrogens with zero attached hydrogens (tertiary/aromatic N) is 3. The van der Waals surface area contributed by atoms with E-state index in [1.165, 1.54) is 16.9 Å². The van der Waals surface area contributed by atoms with E-state index in [0.29, 0.717) is 35.4 Å². The van der Waals surface area contributed by atoms with Crippen LogP contribution in [0.1, 0.15) is 5.56 Å². The van der Waals surface area contributed by atoms with E-state index in [0.717, 1.165) is 22.2 Å². The zero-order chi connectivity index (χ0) is 24.4. The molecule has 1 N–H and O–H groups in total. The van der Waals surface area contributed by atoms with Crippen molar-refractivity contribution in [2.45, 2.75) is 0 Å². The number of anilines is 2. The smallest absolute Gasteiger partial charge is 0.211 e. The van der Waals surface area contributed by atoms with Crippen LogP contribution in [0.4, 0.5) is 11.5 Å². The van der Waals surface area contributed by atoms with Gasteiger partial charge in [-0.15, -0.1) is 0 Å². The number of benzene rings is 3. The fourth-order valence-electron chi connectivity index (χ4n) is 3.63. The molecule has 4 aromatic rings. The predicted molar refractivity (Wildman–Crippen MR) is 138 cm³/mol. The van der Waals surface area contributed by atoms with E-state index in [1.54, 1.807) is 12.1 Å². The first-order chi connectivity index (χ1) is 16.8. The zero-order valence-electron chi connectivity index (χ0n) is 18.8. The molecule has 0 amide bonds. The van der Waals surface area contributed by atoms with Gasteiger partial charge < -0.3 is 10.1 Å². The maximum absolute atomic E-state index is 11.5. The van der Waals surface area contributed by atoms with Gasteiger partial charge in [-0.3, -0.25) is 0 Å². The molecule has 1 fully saturated rings. The van der Waals surface area contributed by atoms with E-state index >= 15 is 0 Å². The van der Waals surface area contributed by atoms with Crippen molar-refractivity contribution in [1.29, 1.82) is 0 Å². The van der Waals surface area contributed by atoms with Gasteiger partial charge in [-0.2, -0.15) is 4.31 Å². The van der Waals surface area contributed by atoms with Gasteiger partial charge in [0.1, 0.15) is 23.6 Å². The quantitative estimate of drug-likeness (QED) is 0.382. The van der Waals surface area contributed by atoms with Crippen molar-refractivity contribution in [2.75, 3.05) is 24.7 Å². The number of halogens is 1. The third-order valence-corrected chi connectivity index (χ3v) is 7.07. The number of nitrogens with one attached hydrogen (secondary N) is 1. The number of rotatable bonds is 5. The molecule has 1 aliphatic heterocycles. The summed E-state index contributed by atoms with van der Waals surface area (Å²) in [5.74, 6) is 8.22. The van der Waals surface area contributed by atoms with Crippen LogP contribution in [-0.2, 0) is 10.0 Å². The van der Waals surface area contributed by atoms with Crippen molar-refractivity contribution in [2.24, 2.45) is 5.92 Å². The van der Waals surface area contributed by atoms with E-state index in [2.05, 4.69) is 27.1 Å². The first-order valence-corrected chi connectivity index (χ1v) is 13.1. The van der Waals surface area contributed by atoms with Gasteiger partial charge in [-0.1, -0.05) is 41.6 Å². The fourth-order valence-corrected chi connectivity index (χ4v) is 4.75. The van der Waals surface area contributed by atoms with Gasteiger partial charge in [0.25, 0.3) is 0 Å². The molecule has 1 aliphatic rings. The molecule has 0 bridgehead atoms. The van der Waals surface area contributed by atoms with Gasteiger partial charge in [-0.25, -0.2) is 18.4 Å². The summed E-state index contributed by atoms with van der Waals surface area (Å²) in [6, 6.07) is 20.6. The number of sulfonamides is 1. The standard InChI is InChI=1S/C26H21ClN4O3S/c1-35(32,33)31-15-19(16-31)8-7-18-9-11-24-22(13-18)26(29-17-28-24)30-20-10-12-25(23(27)14-20)34-21-5-3-2-4-6-21/h2-6,9-14,17,19H,15-16H2,1H3,(H,28,29,30). The summed E-state index contributed by atoms with van der Waals surface area (Å²) in [4.78, 5) is 8.75. The lowest BCUT2D eigenvalue weighted by atomic mass is 10.0. The Morgan fingerprint density at radius 2 is 1.86 bits per heavy atom. The topological polar surface area (TPSA) is 84.4 Å². The Bertz CT molecular complexity index is 1560. The van der Waals surface area contributed by atoms with E-state index in [4.69, 9.17) is 16.3 Å². The minimum atomic E-state index is -3.14. The third kappa shape index (κ3) is 5.38. The van der Waals surface area contributed by atoms with Crippen molar-refractivity contribution < 1.29 is 13.2 Å². The number of fused-ring (bicyclic) bond motifs is 1. The molecule has 7 nitrogen and oxygen atoms in total. The highest BCUT2D eigenvalue weighted by Gasteiger charge is 2.31. The lowest BCUT2D eigenvalue weighted by Crippen LogP contribution is -2.48. The second-order valence-corrected chi connectivity index (χ2v) is 10.6. The largest absolute Gasteiger partial charge is 0.456 e. The van der Waals surface area contributed by atoms with Crippen molar-refractivity contribution in [3.63, 3.8) is 0 Å². The number of para-hydroxylation sites is 1. The number of aromatic nitrogens is 2. The summed E-state index contributed by atoms with van der Waals surface area (Å²) in [7, 11) is -3.14. The minimum Gasteiger partial charge on any atom is -0.456 e. The maximum Gasteiger partial charge on any atom is 0.211 e. The average Bonchev–Trinajstić information content (AvgIpc) is 2.80. The number of hydrogen-bond acceptors (Lipinski definition) is 6. The lowest BCUT2D eigenvalue weighted by Gasteiger charge is -2.33. The summed E-state index contributed by atoms with van der Waals surface area (Å²) in [5, 5.41) is 4.58. The molecular formula is C26H21ClN4O3S.